The summed E-state index contributed by atoms with van der Waals surface area (Å²) < 4.78 is 45.7. The molecule has 312 valence electrons. The van der Waals surface area contributed by atoms with Gasteiger partial charge >= 0.3 is 0 Å². The van der Waals surface area contributed by atoms with E-state index in [4.69, 9.17) is 14.2 Å². The van der Waals surface area contributed by atoms with Crippen LogP contribution in [0.2, 0.25) is 0 Å². The Kier molecular flexibility index (Phi) is 12.3. The molecule has 0 bridgehead atoms. The Balaban J connectivity index is 1.24. The number of pyridine rings is 1. The Morgan fingerprint density at radius 1 is 1.09 bits per heavy atom. The predicted octanol–water partition coefficient (Wildman–Crippen LogP) is 4.27. The van der Waals surface area contributed by atoms with Gasteiger partial charge in [0.2, 0.25) is 33.6 Å². The summed E-state index contributed by atoms with van der Waals surface area (Å²) in [5, 5.41) is 6.63. The molecule has 1 aromatic heterocycles. The number of methoxy groups -OCH3 is 1. The lowest BCUT2D eigenvalue weighted by Gasteiger charge is -2.38. The molecule has 1 aliphatic heterocycles. The molecule has 0 spiro atoms. The van der Waals surface area contributed by atoms with Gasteiger partial charge in [0.15, 0.2) is 0 Å². The third-order valence-electron chi connectivity index (χ3n) is 12.1. The molecule has 57 heavy (non-hydrogen) atoms. The first-order chi connectivity index (χ1) is 26.9. The van der Waals surface area contributed by atoms with Crippen LogP contribution in [-0.4, -0.2) is 97.3 Å². The van der Waals surface area contributed by atoms with Crippen molar-refractivity contribution in [2.24, 2.45) is 29.1 Å². The monoisotopic (exact) mass is 809 g/mol. The molecular weight excluding hydrogens is 751 g/mol. The fraction of sp³-hybridized carbons (Fsp3) is 0.643. The summed E-state index contributed by atoms with van der Waals surface area (Å²) in [6.45, 7) is 15.6. The molecule has 1 saturated heterocycles. The molecule has 0 radical (unpaired) electrons. The number of hydrogen-bond acceptors (Lipinski definition) is 10. The number of sulfonamides is 1. The second-order valence-electron chi connectivity index (χ2n) is 17.9. The number of nitrogens with one attached hydrogen (secondary N) is 3. The van der Waals surface area contributed by atoms with Gasteiger partial charge in [-0.05, 0) is 84.9 Å². The Hall–Kier alpha value is -4.24. The highest BCUT2D eigenvalue weighted by Crippen LogP contribution is 2.46. The van der Waals surface area contributed by atoms with E-state index < -0.39 is 74.0 Å². The van der Waals surface area contributed by atoms with Crippen LogP contribution < -0.4 is 24.8 Å². The summed E-state index contributed by atoms with van der Waals surface area (Å²) in [5.41, 5.74) is -2.34. The van der Waals surface area contributed by atoms with Gasteiger partial charge in [0.05, 0.1) is 25.0 Å². The van der Waals surface area contributed by atoms with E-state index in [1.807, 2.05) is 39.0 Å². The number of aromatic nitrogens is 1. The van der Waals surface area contributed by atoms with E-state index in [1.54, 1.807) is 19.4 Å². The van der Waals surface area contributed by atoms with Gasteiger partial charge in [0.25, 0.3) is 5.91 Å². The number of nitrogens with zero attached hydrogens (tertiary/aromatic N) is 2. The van der Waals surface area contributed by atoms with Crippen LogP contribution in [0.1, 0.15) is 86.5 Å². The summed E-state index contributed by atoms with van der Waals surface area (Å²) in [6, 6.07) is 5.09. The largest absolute Gasteiger partial charge is 0.497 e. The highest BCUT2D eigenvalue weighted by molar-refractivity contribution is 7.91. The van der Waals surface area contributed by atoms with E-state index in [9.17, 15) is 27.6 Å². The van der Waals surface area contributed by atoms with Crippen LogP contribution in [0.15, 0.2) is 43.1 Å². The second-order valence-corrected chi connectivity index (χ2v) is 19.9. The average molecular weight is 810 g/mol. The molecule has 14 nitrogen and oxygen atoms in total. The normalized spacial score (nSPS) is 28.0. The molecule has 1 aromatic carbocycles. The molecule has 4 aliphatic rings. The van der Waals surface area contributed by atoms with Crippen LogP contribution in [0.3, 0.4) is 0 Å². The number of carbonyl (C=O) groups is 4. The smallest absolute Gasteiger partial charge is 0.259 e. The summed E-state index contributed by atoms with van der Waals surface area (Å²) >= 11 is 0. The topological polar surface area (TPSA) is 182 Å². The van der Waals surface area contributed by atoms with Crippen LogP contribution >= 0.6 is 0 Å². The fourth-order valence-electron chi connectivity index (χ4n) is 8.41. The number of benzene rings is 1. The van der Waals surface area contributed by atoms with Crippen LogP contribution in [0.25, 0.3) is 10.8 Å². The standard InChI is InChI=1S/C42H59N5O9S/c1-9-27-21-42(27,40(51)46-57(52,53)30-12-13-30)45-37(49)33-20-29(56-38-32-15-11-28(54-8)19-26(32)16-17-43-38)22-47(33)39(50)36(41(5,6)7)44-35(48)23-55-34-18-25(4)10-14-31(34)24(2)3/h9,11,15-17,19,24-25,27,29-31,33-34,36H,1,10,12-14,18,20-23H2,2-8H3,(H,44,48)(H,45,49)(H,46,51)/t25-,27+,29?,31+,33-,34-,36+,42?/m0/s1. The lowest BCUT2D eigenvalue weighted by Crippen LogP contribution is -2.60. The van der Waals surface area contributed by atoms with Crippen molar-refractivity contribution >= 4 is 44.4 Å². The van der Waals surface area contributed by atoms with E-state index in [1.165, 1.54) is 11.0 Å². The molecule has 4 amide bonds. The Bertz CT molecular complexity index is 1980. The highest BCUT2D eigenvalue weighted by atomic mass is 32.2. The molecule has 2 unspecified atom stereocenters. The first-order valence-corrected chi connectivity index (χ1v) is 21.7. The lowest BCUT2D eigenvalue weighted by molar-refractivity contribution is -0.146. The van der Waals surface area contributed by atoms with Crippen molar-refractivity contribution in [1.82, 2.24) is 25.2 Å². The van der Waals surface area contributed by atoms with Crippen molar-refractivity contribution in [1.29, 1.82) is 0 Å². The van der Waals surface area contributed by atoms with Gasteiger partial charge < -0.3 is 29.7 Å². The summed E-state index contributed by atoms with van der Waals surface area (Å²) in [5.74, 6) is -0.764. The zero-order valence-corrected chi connectivity index (χ0v) is 35.0. The number of hydrogen-bond donors (Lipinski definition) is 3. The van der Waals surface area contributed by atoms with Crippen molar-refractivity contribution in [2.45, 2.75) is 122 Å². The minimum atomic E-state index is -3.90. The summed E-state index contributed by atoms with van der Waals surface area (Å²) in [6.07, 6.45) is 6.46. The zero-order chi connectivity index (χ0) is 41.4. The van der Waals surface area contributed by atoms with Gasteiger partial charge in [-0.25, -0.2) is 13.4 Å². The van der Waals surface area contributed by atoms with Gasteiger partial charge in [0, 0.05) is 23.9 Å². The van der Waals surface area contributed by atoms with Gasteiger partial charge in [-0.15, -0.1) is 6.58 Å². The van der Waals surface area contributed by atoms with E-state index >= 15 is 0 Å². The van der Waals surface area contributed by atoms with Gasteiger partial charge in [-0.1, -0.05) is 54.0 Å². The van der Waals surface area contributed by atoms with Crippen LogP contribution in [0.4, 0.5) is 0 Å². The number of amides is 4. The summed E-state index contributed by atoms with van der Waals surface area (Å²) in [7, 11) is -2.33. The summed E-state index contributed by atoms with van der Waals surface area (Å²) in [4.78, 5) is 62.2. The van der Waals surface area contributed by atoms with Gasteiger partial charge in [-0.2, -0.15) is 0 Å². The van der Waals surface area contributed by atoms with E-state index in [2.05, 4.69) is 47.7 Å². The number of carbonyl (C=O) groups excluding carboxylic acids is 4. The first kappa shape index (κ1) is 42.4. The average Bonchev–Trinajstić information content (AvgIpc) is 4.08. The minimum absolute atomic E-state index is 0.0275. The maximum absolute atomic E-state index is 14.7. The molecule has 3 saturated carbocycles. The number of likely N-dealkylation sites (tertiary alicyclic amines) is 1. The van der Waals surface area contributed by atoms with Crippen LogP contribution in [0, 0.1) is 29.1 Å². The van der Waals surface area contributed by atoms with Crippen molar-refractivity contribution in [3.8, 4) is 11.6 Å². The quantitative estimate of drug-likeness (QED) is 0.220. The van der Waals surface area contributed by atoms with Crippen molar-refractivity contribution < 1.29 is 41.8 Å². The SMILES string of the molecule is C=C[C@@H]1CC1(NC(=O)[C@@H]1CC(Oc2nccc3cc(OC)ccc23)CN1C(=O)[C@@H](NC(=O)CO[C@H]1C[C@@H](C)CC[C@@H]1C(C)C)C(C)(C)C)C(=O)NS(=O)(=O)C1CC1. The van der Waals surface area contributed by atoms with Gasteiger partial charge in [-0.3, -0.25) is 23.9 Å². The molecule has 2 aromatic rings. The van der Waals surface area contributed by atoms with Crippen molar-refractivity contribution in [3.05, 3.63) is 43.1 Å². The lowest BCUT2D eigenvalue weighted by atomic mass is 9.75. The van der Waals surface area contributed by atoms with Gasteiger partial charge in [0.1, 0.15) is 36.1 Å². The maximum Gasteiger partial charge on any atom is 0.259 e. The van der Waals surface area contributed by atoms with Crippen LogP contribution in [0.5, 0.6) is 11.6 Å². The molecule has 15 heteroatoms. The Morgan fingerprint density at radius 3 is 2.46 bits per heavy atom. The Labute approximate surface area is 336 Å². The fourth-order valence-corrected chi connectivity index (χ4v) is 9.77. The van der Waals surface area contributed by atoms with Crippen LogP contribution in [-0.2, 0) is 33.9 Å². The molecular formula is C42H59N5O9S. The van der Waals surface area contributed by atoms with E-state index in [0.29, 0.717) is 47.6 Å². The molecule has 8 atom stereocenters. The molecule has 3 N–H and O–H groups in total. The minimum Gasteiger partial charge on any atom is -0.497 e. The first-order valence-electron chi connectivity index (χ1n) is 20.2. The molecule has 2 heterocycles. The van der Waals surface area contributed by atoms with Crippen molar-refractivity contribution in [2.75, 3.05) is 20.3 Å². The van der Waals surface area contributed by atoms with Crippen molar-refractivity contribution in [3.63, 3.8) is 0 Å². The molecule has 6 rings (SSSR count). The zero-order valence-electron chi connectivity index (χ0n) is 34.2. The van der Waals surface area contributed by atoms with E-state index in [-0.39, 0.29) is 32.1 Å². The maximum atomic E-state index is 14.7. The predicted molar refractivity (Wildman–Crippen MR) is 215 cm³/mol. The van der Waals surface area contributed by atoms with E-state index in [0.717, 1.165) is 24.6 Å². The molecule has 3 aliphatic carbocycles. The Morgan fingerprint density at radius 2 is 1.82 bits per heavy atom. The second kappa shape index (κ2) is 16.6. The number of ether oxygens (including phenoxy) is 3. The third kappa shape index (κ3) is 9.40. The number of fused-ring (bicyclic) bond motifs is 1. The third-order valence-corrected chi connectivity index (χ3v) is 13.9. The number of rotatable bonds is 15. The highest BCUT2D eigenvalue weighted by Gasteiger charge is 2.62. The molecule has 4 fully saturated rings.